The lowest BCUT2D eigenvalue weighted by atomic mass is 10.1. The van der Waals surface area contributed by atoms with E-state index in [0.29, 0.717) is 17.7 Å². The maximum atomic E-state index is 12.7. The minimum absolute atomic E-state index is 0.376. The quantitative estimate of drug-likeness (QED) is 0.239. The number of fused-ring (bicyclic) bond motifs is 1. The number of hydrogen-bond acceptors (Lipinski definition) is 4. The third kappa shape index (κ3) is 7.10. The molecule has 0 amide bonds. The lowest BCUT2D eigenvalue weighted by Crippen LogP contribution is -2.29. The van der Waals surface area contributed by atoms with Crippen molar-refractivity contribution in [2.45, 2.75) is 89.8 Å². The normalized spacial score (nSPS) is 11.5. The molecule has 1 aromatic carbocycles. The van der Waals surface area contributed by atoms with Crippen LogP contribution in [0.5, 0.6) is 0 Å². The third-order valence-electron chi connectivity index (χ3n) is 6.12. The molecule has 0 aliphatic carbocycles. The summed E-state index contributed by atoms with van der Waals surface area (Å²) in [5, 5.41) is 0.800. The Morgan fingerprint density at radius 1 is 0.970 bits per heavy atom. The molecule has 180 valence electrons. The predicted molar refractivity (Wildman–Crippen MR) is 138 cm³/mol. The number of imidazole rings is 1. The number of aromatic nitrogens is 4. The van der Waals surface area contributed by atoms with E-state index in [-0.39, 0.29) is 5.56 Å². The van der Waals surface area contributed by atoms with E-state index in [9.17, 15) is 9.59 Å². The topological polar surface area (TPSA) is 72.7 Å². The van der Waals surface area contributed by atoms with Crippen LogP contribution in [0, 0.1) is 6.92 Å². The summed E-state index contributed by atoms with van der Waals surface area (Å²) in [7, 11) is 1.65. The van der Waals surface area contributed by atoms with Crippen LogP contribution in [0.15, 0.2) is 39.0 Å². The number of H-pyrrole nitrogens is 1. The van der Waals surface area contributed by atoms with E-state index in [1.165, 1.54) is 67.9 Å². The first-order valence-electron chi connectivity index (χ1n) is 12.4. The summed E-state index contributed by atoms with van der Waals surface area (Å²) in [6, 6.07) is 8.28. The highest BCUT2D eigenvalue weighted by Crippen LogP contribution is 2.24. The minimum Gasteiger partial charge on any atom is -0.309 e. The molecule has 0 bridgehead atoms. The summed E-state index contributed by atoms with van der Waals surface area (Å²) in [6.45, 7) is 4.88. The summed E-state index contributed by atoms with van der Waals surface area (Å²) in [4.78, 5) is 31.9. The number of nitrogens with one attached hydrogen (secondary N) is 1. The molecule has 7 heteroatoms. The second-order valence-corrected chi connectivity index (χ2v) is 10.1. The molecule has 0 atom stereocenters. The van der Waals surface area contributed by atoms with Crippen molar-refractivity contribution in [1.82, 2.24) is 19.1 Å². The van der Waals surface area contributed by atoms with Crippen LogP contribution >= 0.6 is 11.8 Å². The number of benzene rings is 1. The average molecular weight is 471 g/mol. The Hall–Kier alpha value is -2.28. The van der Waals surface area contributed by atoms with Crippen LogP contribution in [-0.2, 0) is 13.6 Å². The van der Waals surface area contributed by atoms with Crippen LogP contribution in [-0.4, -0.2) is 24.9 Å². The monoisotopic (exact) mass is 470 g/mol. The van der Waals surface area contributed by atoms with Crippen LogP contribution in [0.25, 0.3) is 11.2 Å². The number of aromatic amines is 1. The summed E-state index contributed by atoms with van der Waals surface area (Å²) < 4.78 is 3.39. The Bertz CT molecular complexity index is 1150. The molecule has 2 aromatic heterocycles. The zero-order chi connectivity index (χ0) is 23.6. The molecule has 1 N–H and O–H groups in total. The highest BCUT2D eigenvalue weighted by molar-refractivity contribution is 7.99. The van der Waals surface area contributed by atoms with Gasteiger partial charge in [0, 0.05) is 12.8 Å². The molecular formula is C26H38N4O2S. The largest absolute Gasteiger partial charge is 0.329 e. The van der Waals surface area contributed by atoms with Crippen molar-refractivity contribution in [3.05, 3.63) is 56.2 Å². The van der Waals surface area contributed by atoms with Gasteiger partial charge >= 0.3 is 5.69 Å². The van der Waals surface area contributed by atoms with E-state index in [1.54, 1.807) is 18.8 Å². The molecule has 33 heavy (non-hydrogen) atoms. The number of hydrogen-bond donors (Lipinski definition) is 1. The fourth-order valence-corrected chi connectivity index (χ4v) is 5.21. The van der Waals surface area contributed by atoms with Gasteiger partial charge in [0.05, 0.1) is 6.54 Å². The Morgan fingerprint density at radius 2 is 1.64 bits per heavy atom. The van der Waals surface area contributed by atoms with Crippen molar-refractivity contribution < 1.29 is 0 Å². The first-order chi connectivity index (χ1) is 16.0. The standard InChI is InChI=1S/C26H38N4O2S/c1-4-5-6-7-8-9-10-11-12-13-17-33-26-27-23-22(24(31)28-25(32)29(23)3)30(26)19-21-16-14-15-20(2)18-21/h14-16,18H,4-13,17,19H2,1-3H3,(H,28,31,32). The van der Waals surface area contributed by atoms with Crippen molar-refractivity contribution in [2.75, 3.05) is 5.75 Å². The summed E-state index contributed by atoms with van der Waals surface area (Å²) in [6.07, 6.45) is 13.1. The van der Waals surface area contributed by atoms with Crippen LogP contribution in [0.3, 0.4) is 0 Å². The minimum atomic E-state index is -0.432. The van der Waals surface area contributed by atoms with Gasteiger partial charge in [0.1, 0.15) is 0 Å². The molecule has 0 saturated heterocycles. The van der Waals surface area contributed by atoms with Gasteiger partial charge in [-0.1, -0.05) is 106 Å². The molecule has 3 rings (SSSR count). The highest BCUT2D eigenvalue weighted by Gasteiger charge is 2.18. The molecule has 0 aliphatic heterocycles. The molecular weight excluding hydrogens is 432 g/mol. The predicted octanol–water partition coefficient (Wildman–Crippen LogP) is 5.79. The van der Waals surface area contributed by atoms with E-state index >= 15 is 0 Å². The van der Waals surface area contributed by atoms with E-state index in [1.807, 2.05) is 10.6 Å². The molecule has 0 spiro atoms. The fraction of sp³-hybridized carbons (Fsp3) is 0.577. The second kappa shape index (κ2) is 12.8. The van der Waals surface area contributed by atoms with Gasteiger partial charge < -0.3 is 4.57 Å². The number of aryl methyl sites for hydroxylation is 2. The van der Waals surface area contributed by atoms with Crippen LogP contribution < -0.4 is 11.2 Å². The number of unbranched alkanes of at least 4 members (excludes halogenated alkanes) is 9. The third-order valence-corrected chi connectivity index (χ3v) is 7.19. The lowest BCUT2D eigenvalue weighted by Gasteiger charge is -2.09. The van der Waals surface area contributed by atoms with Gasteiger partial charge in [0.15, 0.2) is 16.3 Å². The maximum Gasteiger partial charge on any atom is 0.329 e. The lowest BCUT2D eigenvalue weighted by molar-refractivity contribution is 0.563. The molecule has 2 heterocycles. The van der Waals surface area contributed by atoms with Crippen molar-refractivity contribution in [1.29, 1.82) is 0 Å². The van der Waals surface area contributed by atoms with Gasteiger partial charge in [-0.3, -0.25) is 14.3 Å². The smallest absolute Gasteiger partial charge is 0.309 e. The first kappa shape index (κ1) is 25.3. The molecule has 0 saturated carbocycles. The van der Waals surface area contributed by atoms with E-state index in [0.717, 1.165) is 22.9 Å². The zero-order valence-electron chi connectivity index (χ0n) is 20.4. The van der Waals surface area contributed by atoms with Crippen molar-refractivity contribution in [3.8, 4) is 0 Å². The van der Waals surface area contributed by atoms with Crippen molar-refractivity contribution in [3.63, 3.8) is 0 Å². The molecule has 6 nitrogen and oxygen atoms in total. The van der Waals surface area contributed by atoms with Gasteiger partial charge in [-0.05, 0) is 18.9 Å². The second-order valence-electron chi connectivity index (χ2n) is 8.99. The summed E-state index contributed by atoms with van der Waals surface area (Å²) in [5.41, 5.74) is 2.39. The van der Waals surface area contributed by atoms with Gasteiger partial charge in [-0.25, -0.2) is 9.78 Å². The Morgan fingerprint density at radius 3 is 2.30 bits per heavy atom. The zero-order valence-corrected chi connectivity index (χ0v) is 21.2. The molecule has 0 fully saturated rings. The molecule has 0 radical (unpaired) electrons. The van der Waals surface area contributed by atoms with E-state index < -0.39 is 5.69 Å². The number of rotatable bonds is 14. The van der Waals surface area contributed by atoms with Crippen LogP contribution in [0.1, 0.15) is 82.3 Å². The Balaban J connectivity index is 1.62. The van der Waals surface area contributed by atoms with E-state index in [4.69, 9.17) is 4.98 Å². The fourth-order valence-electron chi connectivity index (χ4n) is 4.22. The SMILES string of the molecule is CCCCCCCCCCCCSc1nc2c(c(=O)[nH]c(=O)n2C)n1Cc1cccc(C)c1. The summed E-state index contributed by atoms with van der Waals surface area (Å²) >= 11 is 1.68. The average Bonchev–Trinajstić information content (AvgIpc) is 3.14. The van der Waals surface area contributed by atoms with Crippen LogP contribution in [0.4, 0.5) is 0 Å². The first-order valence-corrected chi connectivity index (χ1v) is 13.4. The Kier molecular flexibility index (Phi) is 9.85. The van der Waals surface area contributed by atoms with Gasteiger partial charge in [0.2, 0.25) is 0 Å². The number of thioether (sulfide) groups is 1. The maximum absolute atomic E-state index is 12.7. The molecule has 0 unspecified atom stereocenters. The van der Waals surface area contributed by atoms with Crippen LogP contribution in [0.2, 0.25) is 0 Å². The van der Waals surface area contributed by atoms with Gasteiger partial charge in [-0.2, -0.15) is 0 Å². The molecule has 0 aliphatic rings. The van der Waals surface area contributed by atoms with Gasteiger partial charge in [0.25, 0.3) is 5.56 Å². The Labute approximate surface area is 200 Å². The van der Waals surface area contributed by atoms with Gasteiger partial charge in [-0.15, -0.1) is 0 Å². The van der Waals surface area contributed by atoms with Crippen molar-refractivity contribution >= 4 is 22.9 Å². The number of nitrogens with zero attached hydrogens (tertiary/aromatic N) is 3. The molecule has 3 aromatic rings. The summed E-state index contributed by atoms with van der Waals surface area (Å²) in [5.74, 6) is 0.958. The van der Waals surface area contributed by atoms with Crippen molar-refractivity contribution in [2.24, 2.45) is 7.05 Å². The highest BCUT2D eigenvalue weighted by atomic mass is 32.2. The van der Waals surface area contributed by atoms with E-state index in [2.05, 4.69) is 37.0 Å².